The zero-order valence-electron chi connectivity index (χ0n) is 17.1. The number of hydrogen-bond donors (Lipinski definition) is 1. The second-order valence-electron chi connectivity index (χ2n) is 7.73. The van der Waals surface area contributed by atoms with Crippen LogP contribution in [0.5, 0.6) is 0 Å². The minimum absolute atomic E-state index is 0.00359. The normalized spacial score (nSPS) is 24.6. The van der Waals surface area contributed by atoms with Crippen molar-refractivity contribution in [1.82, 2.24) is 5.01 Å². The number of amides is 1. The van der Waals surface area contributed by atoms with Gasteiger partial charge in [-0.25, -0.2) is 10.0 Å². The van der Waals surface area contributed by atoms with Crippen LogP contribution in [0, 0.1) is 24.7 Å². The molecule has 3 rings (SSSR count). The van der Waals surface area contributed by atoms with Crippen molar-refractivity contribution in [2.75, 3.05) is 5.32 Å². The Labute approximate surface area is 167 Å². The fourth-order valence-corrected chi connectivity index (χ4v) is 4.13. The second kappa shape index (κ2) is 9.00. The number of hydrazone groups is 1. The molecule has 5 nitrogen and oxygen atoms in total. The Bertz CT molecular complexity index is 798. The molecule has 148 valence electrons. The van der Waals surface area contributed by atoms with E-state index < -0.39 is 0 Å². The molecule has 1 aliphatic carbocycles. The van der Waals surface area contributed by atoms with E-state index in [1.807, 2.05) is 61.5 Å². The fraction of sp³-hybridized carbons (Fsp3) is 0.435. The van der Waals surface area contributed by atoms with E-state index in [2.05, 4.69) is 29.1 Å². The van der Waals surface area contributed by atoms with Gasteiger partial charge in [0.05, 0.1) is 0 Å². The molecule has 1 aromatic rings. The Hall–Kier alpha value is -2.69. The molecule has 1 heterocycles. The molecule has 28 heavy (non-hydrogen) atoms. The number of nitrogens with one attached hydrogen (secondary N) is 1. The van der Waals surface area contributed by atoms with Crippen LogP contribution in [-0.2, 0) is 4.79 Å². The summed E-state index contributed by atoms with van der Waals surface area (Å²) in [5.74, 6) is 1.77. The van der Waals surface area contributed by atoms with E-state index in [1.165, 1.54) is 5.56 Å². The summed E-state index contributed by atoms with van der Waals surface area (Å²) >= 11 is 0. The van der Waals surface area contributed by atoms with Gasteiger partial charge < -0.3 is 5.32 Å². The van der Waals surface area contributed by atoms with Crippen LogP contribution in [0.4, 0.5) is 5.69 Å². The predicted octanol–water partition coefficient (Wildman–Crippen LogP) is 5.12. The molecule has 0 bridgehead atoms. The van der Waals surface area contributed by atoms with Crippen molar-refractivity contribution in [3.8, 4) is 0 Å². The van der Waals surface area contributed by atoms with E-state index >= 15 is 0 Å². The maximum atomic E-state index is 12.7. The van der Waals surface area contributed by atoms with Crippen LogP contribution in [0.25, 0.3) is 0 Å². The van der Waals surface area contributed by atoms with Gasteiger partial charge in [-0.1, -0.05) is 24.6 Å². The summed E-state index contributed by atoms with van der Waals surface area (Å²) in [7, 11) is 0. The highest BCUT2D eigenvalue weighted by Gasteiger charge is 2.32. The molecule has 0 radical (unpaired) electrons. The van der Waals surface area contributed by atoms with Crippen molar-refractivity contribution in [2.24, 2.45) is 27.8 Å². The summed E-state index contributed by atoms with van der Waals surface area (Å²) < 4.78 is 0. The van der Waals surface area contributed by atoms with Crippen LogP contribution in [-0.4, -0.2) is 23.8 Å². The van der Waals surface area contributed by atoms with E-state index in [-0.39, 0.29) is 11.8 Å². The van der Waals surface area contributed by atoms with E-state index in [0.717, 1.165) is 42.9 Å². The van der Waals surface area contributed by atoms with Gasteiger partial charge in [0.25, 0.3) is 0 Å². The molecule has 1 unspecified atom stereocenters. The van der Waals surface area contributed by atoms with Crippen LogP contribution >= 0.6 is 0 Å². The zero-order chi connectivity index (χ0) is 20.1. The van der Waals surface area contributed by atoms with Crippen molar-refractivity contribution in [3.63, 3.8) is 0 Å². The molecular weight excluding hydrogens is 348 g/mol. The Kier molecular flexibility index (Phi) is 6.45. The number of nitrogens with zero attached hydrogens (tertiary/aromatic N) is 3. The molecule has 5 heteroatoms. The van der Waals surface area contributed by atoms with Crippen LogP contribution < -0.4 is 5.32 Å². The van der Waals surface area contributed by atoms with Crippen molar-refractivity contribution in [3.05, 3.63) is 53.5 Å². The van der Waals surface area contributed by atoms with Crippen molar-refractivity contribution < 1.29 is 4.79 Å². The lowest BCUT2D eigenvalue weighted by Crippen LogP contribution is -2.32. The van der Waals surface area contributed by atoms with Gasteiger partial charge in [-0.3, -0.25) is 4.79 Å². The molecule has 0 saturated heterocycles. The number of carbonyl (C=O) groups excluding carboxylic acids is 1. The van der Waals surface area contributed by atoms with Crippen LogP contribution in [0.1, 0.15) is 45.1 Å². The minimum atomic E-state index is 0.00359. The molecule has 1 N–H and O–H groups in total. The highest BCUT2D eigenvalue weighted by molar-refractivity contribution is 5.92. The third-order valence-electron chi connectivity index (χ3n) is 5.94. The van der Waals surface area contributed by atoms with Gasteiger partial charge >= 0.3 is 0 Å². The lowest BCUT2D eigenvalue weighted by Gasteiger charge is -2.36. The van der Waals surface area contributed by atoms with Gasteiger partial charge in [-0.15, -0.1) is 0 Å². The quantitative estimate of drug-likeness (QED) is 0.723. The third kappa shape index (κ3) is 4.41. The van der Waals surface area contributed by atoms with Crippen LogP contribution in [0.3, 0.4) is 0 Å². The molecule has 1 atom stereocenters. The maximum absolute atomic E-state index is 12.7. The van der Waals surface area contributed by atoms with Crippen molar-refractivity contribution in [1.29, 1.82) is 0 Å². The molecule has 1 aliphatic heterocycles. The molecular formula is C23H30N4O. The number of allylic oxidation sites excluding steroid dienone is 3. The number of benzene rings is 1. The fourth-order valence-electron chi connectivity index (χ4n) is 4.13. The molecule has 1 saturated carbocycles. The molecule has 1 aromatic carbocycles. The van der Waals surface area contributed by atoms with E-state index in [9.17, 15) is 4.79 Å². The van der Waals surface area contributed by atoms with Gasteiger partial charge in [-0.05, 0) is 69.7 Å². The van der Waals surface area contributed by atoms with Crippen molar-refractivity contribution in [2.45, 2.75) is 46.5 Å². The van der Waals surface area contributed by atoms with Gasteiger partial charge in [-0.2, -0.15) is 5.10 Å². The number of hydrogen-bond acceptors (Lipinski definition) is 4. The number of anilines is 1. The van der Waals surface area contributed by atoms with E-state index in [4.69, 9.17) is 0 Å². The summed E-state index contributed by atoms with van der Waals surface area (Å²) in [5, 5.41) is 9.07. The third-order valence-corrected chi connectivity index (χ3v) is 5.94. The number of carbonyl (C=O) groups is 1. The molecule has 0 spiro atoms. The first-order chi connectivity index (χ1) is 13.5. The van der Waals surface area contributed by atoms with Crippen LogP contribution in [0.2, 0.25) is 0 Å². The standard InChI is InChI=1S/C23H30N4O/c1-5-22-25-15-14-21(27(22)24-4)19-10-8-18(9-11-19)17(3)23(28)26-20-12-6-16(2)7-13-20/h5-7,12-15,17-19H,4,8-11H2,1-3H3,(H,26,28)/b22-5-. The summed E-state index contributed by atoms with van der Waals surface area (Å²) in [4.78, 5) is 17.0. The summed E-state index contributed by atoms with van der Waals surface area (Å²) in [5.41, 5.74) is 3.22. The van der Waals surface area contributed by atoms with E-state index in [0.29, 0.717) is 11.8 Å². The number of aliphatic imine (C=N–C) groups is 1. The highest BCUT2D eigenvalue weighted by Crippen LogP contribution is 2.39. The molecule has 1 amide bonds. The summed E-state index contributed by atoms with van der Waals surface area (Å²) in [6.07, 6.45) is 10.0. The zero-order valence-corrected chi connectivity index (χ0v) is 17.1. The lowest BCUT2D eigenvalue weighted by atomic mass is 9.75. The first-order valence-corrected chi connectivity index (χ1v) is 10.1. The first-order valence-electron chi connectivity index (χ1n) is 10.1. The van der Waals surface area contributed by atoms with E-state index in [1.54, 1.807) is 0 Å². The average Bonchev–Trinajstić information content (AvgIpc) is 2.74. The summed E-state index contributed by atoms with van der Waals surface area (Å²) in [6.45, 7) is 9.76. The first kappa shape index (κ1) is 20.1. The smallest absolute Gasteiger partial charge is 0.227 e. The molecule has 0 aromatic heterocycles. The lowest BCUT2D eigenvalue weighted by molar-refractivity contribution is -0.121. The Morgan fingerprint density at radius 2 is 1.96 bits per heavy atom. The van der Waals surface area contributed by atoms with Gasteiger partial charge in [0.1, 0.15) is 5.82 Å². The molecule has 1 fully saturated rings. The minimum Gasteiger partial charge on any atom is -0.326 e. The predicted molar refractivity (Wildman–Crippen MR) is 116 cm³/mol. The monoisotopic (exact) mass is 378 g/mol. The van der Waals surface area contributed by atoms with Crippen LogP contribution in [0.15, 0.2) is 58.0 Å². The second-order valence-corrected chi connectivity index (χ2v) is 7.73. The SMILES string of the molecule is C=NN1C(C2CCC(C(C)C(=O)Nc3ccc(C)cc3)CC2)=CC=N/C1=C/C. The number of aryl methyl sites for hydroxylation is 1. The largest absolute Gasteiger partial charge is 0.326 e. The Balaban J connectivity index is 1.58. The van der Waals surface area contributed by atoms with Gasteiger partial charge in [0, 0.05) is 36.2 Å². The highest BCUT2D eigenvalue weighted by atomic mass is 16.1. The Morgan fingerprint density at radius 1 is 1.29 bits per heavy atom. The topological polar surface area (TPSA) is 57.1 Å². The van der Waals surface area contributed by atoms with Gasteiger partial charge in [0.15, 0.2) is 0 Å². The maximum Gasteiger partial charge on any atom is 0.227 e. The Morgan fingerprint density at radius 3 is 2.57 bits per heavy atom. The van der Waals surface area contributed by atoms with Crippen molar-refractivity contribution >= 4 is 24.5 Å². The average molecular weight is 379 g/mol. The number of rotatable bonds is 5. The summed E-state index contributed by atoms with van der Waals surface area (Å²) in [6, 6.07) is 7.96. The van der Waals surface area contributed by atoms with Gasteiger partial charge in [0.2, 0.25) is 5.91 Å². The molecule has 2 aliphatic rings.